The Morgan fingerprint density at radius 1 is 0.968 bits per heavy atom. The number of nitrogens with zero attached hydrogens (tertiary/aromatic N) is 1. The molecule has 3 aromatic rings. The Bertz CT molecular complexity index is 1170. The third-order valence-corrected chi connectivity index (χ3v) is 4.95. The van der Waals surface area contributed by atoms with Gasteiger partial charge in [-0.25, -0.2) is 22.9 Å². The van der Waals surface area contributed by atoms with Crippen molar-refractivity contribution < 1.29 is 41.7 Å². The summed E-state index contributed by atoms with van der Waals surface area (Å²) in [6.07, 6.45) is 0. The van der Waals surface area contributed by atoms with Crippen LogP contribution in [0.3, 0.4) is 0 Å². The first-order chi connectivity index (χ1) is 14.8. The molecule has 0 bridgehead atoms. The Morgan fingerprint density at radius 3 is 2.26 bits per heavy atom. The van der Waals surface area contributed by atoms with E-state index in [0.29, 0.717) is 5.75 Å². The maximum atomic E-state index is 13.8. The minimum absolute atomic E-state index is 0.00115. The Morgan fingerprint density at radius 2 is 1.61 bits per heavy atom. The van der Waals surface area contributed by atoms with Crippen molar-refractivity contribution in [3.63, 3.8) is 0 Å². The molecule has 164 valence electrons. The van der Waals surface area contributed by atoms with E-state index in [1.54, 1.807) is 0 Å². The maximum Gasteiger partial charge on any atom is 0.342 e. The molecule has 0 spiro atoms. The van der Waals surface area contributed by atoms with Gasteiger partial charge in [-0.3, -0.25) is 10.1 Å². The lowest BCUT2D eigenvalue weighted by Crippen LogP contribution is -2.21. The molecular weight excluding hydrogens is 441 g/mol. The van der Waals surface area contributed by atoms with Crippen molar-refractivity contribution in [3.05, 3.63) is 41.2 Å². The Labute approximate surface area is 177 Å². The molecule has 0 radical (unpaired) electrons. The van der Waals surface area contributed by atoms with Gasteiger partial charge < -0.3 is 18.9 Å². The number of ether oxygens (including phenoxy) is 4. The lowest BCUT2D eigenvalue weighted by Gasteiger charge is -2.13. The summed E-state index contributed by atoms with van der Waals surface area (Å²) in [4.78, 5) is 28.2. The molecule has 0 saturated carbocycles. The average Bonchev–Trinajstić information content (AvgIpc) is 3.16. The standard InChI is InChI=1S/C19H15F3N2O6S/c1-27-10-6-12(29-3)11(28-2)4-8(10)18(26)30-7-14(25)23-19-24-17-13(31-19)5-9(20)15(21)16(17)22/h4-6H,7H2,1-3H3,(H,23,24,25). The van der Waals surface area contributed by atoms with Crippen LogP contribution in [0.25, 0.3) is 10.2 Å². The highest BCUT2D eigenvalue weighted by molar-refractivity contribution is 7.22. The van der Waals surface area contributed by atoms with Crippen molar-refractivity contribution in [1.82, 2.24) is 4.98 Å². The largest absolute Gasteiger partial charge is 0.496 e. The molecule has 0 atom stereocenters. The number of methoxy groups -OCH3 is 3. The maximum absolute atomic E-state index is 13.8. The molecule has 12 heteroatoms. The van der Waals surface area contributed by atoms with Crippen molar-refractivity contribution in [2.24, 2.45) is 0 Å². The molecule has 0 fully saturated rings. The smallest absolute Gasteiger partial charge is 0.342 e. The lowest BCUT2D eigenvalue weighted by molar-refractivity contribution is -0.119. The van der Waals surface area contributed by atoms with E-state index in [1.165, 1.54) is 33.5 Å². The highest BCUT2D eigenvalue weighted by atomic mass is 32.1. The summed E-state index contributed by atoms with van der Waals surface area (Å²) < 4.78 is 60.7. The van der Waals surface area contributed by atoms with Crippen LogP contribution in [0.1, 0.15) is 10.4 Å². The zero-order chi connectivity index (χ0) is 22.7. The molecule has 2 aromatic carbocycles. The van der Waals surface area contributed by atoms with E-state index in [2.05, 4.69) is 10.3 Å². The number of hydrogen-bond donors (Lipinski definition) is 1. The molecule has 1 N–H and O–H groups in total. The number of carbonyl (C=O) groups excluding carboxylic acids is 2. The molecule has 0 saturated heterocycles. The molecule has 1 heterocycles. The van der Waals surface area contributed by atoms with Gasteiger partial charge >= 0.3 is 5.97 Å². The fraction of sp³-hybridized carbons (Fsp3) is 0.211. The number of anilines is 1. The predicted molar refractivity (Wildman–Crippen MR) is 105 cm³/mol. The highest BCUT2D eigenvalue weighted by Crippen LogP contribution is 2.35. The van der Waals surface area contributed by atoms with E-state index >= 15 is 0 Å². The van der Waals surface area contributed by atoms with Crippen LogP contribution in [-0.4, -0.2) is 44.8 Å². The molecule has 0 aliphatic rings. The first-order valence-corrected chi connectivity index (χ1v) is 9.31. The number of rotatable bonds is 7. The van der Waals surface area contributed by atoms with Crippen LogP contribution in [0.5, 0.6) is 17.2 Å². The second-order valence-electron chi connectivity index (χ2n) is 5.88. The normalized spacial score (nSPS) is 10.6. The van der Waals surface area contributed by atoms with E-state index < -0.39 is 41.5 Å². The first kappa shape index (κ1) is 22.2. The summed E-state index contributed by atoms with van der Waals surface area (Å²) in [6.45, 7) is -0.711. The molecule has 1 aromatic heterocycles. The molecule has 1 amide bonds. The van der Waals surface area contributed by atoms with Gasteiger partial charge in [-0.05, 0) is 6.07 Å². The van der Waals surface area contributed by atoms with E-state index in [4.69, 9.17) is 18.9 Å². The number of esters is 1. The highest BCUT2D eigenvalue weighted by Gasteiger charge is 2.21. The number of thiazole rings is 1. The topological polar surface area (TPSA) is 96.0 Å². The molecule has 0 aliphatic carbocycles. The van der Waals surface area contributed by atoms with Gasteiger partial charge in [-0.1, -0.05) is 11.3 Å². The van der Waals surface area contributed by atoms with Gasteiger partial charge in [-0.2, -0.15) is 0 Å². The van der Waals surface area contributed by atoms with Gasteiger partial charge in [0.25, 0.3) is 5.91 Å². The summed E-state index contributed by atoms with van der Waals surface area (Å²) in [7, 11) is 4.13. The summed E-state index contributed by atoms with van der Waals surface area (Å²) >= 11 is 0.728. The quantitative estimate of drug-likeness (QED) is 0.429. The summed E-state index contributed by atoms with van der Waals surface area (Å²) in [5.41, 5.74) is -0.438. The number of benzene rings is 2. The minimum Gasteiger partial charge on any atom is -0.496 e. The zero-order valence-corrected chi connectivity index (χ0v) is 17.2. The second kappa shape index (κ2) is 9.08. The molecule has 8 nitrogen and oxygen atoms in total. The number of halogens is 3. The van der Waals surface area contributed by atoms with Crippen molar-refractivity contribution >= 4 is 38.6 Å². The molecule has 3 rings (SSSR count). The van der Waals surface area contributed by atoms with Crippen LogP contribution in [-0.2, 0) is 9.53 Å². The van der Waals surface area contributed by atoms with Crippen LogP contribution >= 0.6 is 11.3 Å². The van der Waals surface area contributed by atoms with Gasteiger partial charge in [0.2, 0.25) is 0 Å². The van der Waals surface area contributed by atoms with Gasteiger partial charge in [0.15, 0.2) is 40.7 Å². The summed E-state index contributed by atoms with van der Waals surface area (Å²) in [6, 6.07) is 3.52. The SMILES string of the molecule is COc1cc(OC)c(C(=O)OCC(=O)Nc2nc3c(F)c(F)c(F)cc3s2)cc1OC. The fourth-order valence-corrected chi connectivity index (χ4v) is 3.49. The summed E-state index contributed by atoms with van der Waals surface area (Å²) in [5, 5.41) is 2.16. The Hall–Kier alpha value is -3.54. The van der Waals surface area contributed by atoms with Crippen LogP contribution in [0.4, 0.5) is 18.3 Å². The number of nitrogens with one attached hydrogen (secondary N) is 1. The van der Waals surface area contributed by atoms with Crippen molar-refractivity contribution in [2.45, 2.75) is 0 Å². The minimum atomic E-state index is -1.66. The fourth-order valence-electron chi connectivity index (χ4n) is 2.58. The third kappa shape index (κ3) is 4.48. The van der Waals surface area contributed by atoms with E-state index in [0.717, 1.165) is 17.4 Å². The average molecular weight is 456 g/mol. The van der Waals surface area contributed by atoms with Crippen molar-refractivity contribution in [2.75, 3.05) is 33.3 Å². The number of amides is 1. The Kier molecular flexibility index (Phi) is 6.49. The second-order valence-corrected chi connectivity index (χ2v) is 6.91. The number of aromatic nitrogens is 1. The molecular formula is C19H15F3N2O6S. The first-order valence-electron chi connectivity index (χ1n) is 8.50. The number of carbonyl (C=O) groups is 2. The molecule has 0 aliphatic heterocycles. The van der Waals surface area contributed by atoms with Gasteiger partial charge in [0.1, 0.15) is 16.8 Å². The van der Waals surface area contributed by atoms with Gasteiger partial charge in [0, 0.05) is 12.1 Å². The predicted octanol–water partition coefficient (Wildman–Crippen LogP) is 3.53. The zero-order valence-electron chi connectivity index (χ0n) is 16.4. The summed E-state index contributed by atoms with van der Waals surface area (Å²) in [5.74, 6) is -5.47. The number of fused-ring (bicyclic) bond motifs is 1. The lowest BCUT2D eigenvalue weighted by atomic mass is 10.1. The van der Waals surface area contributed by atoms with Gasteiger partial charge in [0.05, 0.1) is 26.0 Å². The van der Waals surface area contributed by atoms with Crippen LogP contribution in [0.15, 0.2) is 18.2 Å². The third-order valence-electron chi connectivity index (χ3n) is 4.03. The van der Waals surface area contributed by atoms with Crippen LogP contribution < -0.4 is 19.5 Å². The van der Waals surface area contributed by atoms with Crippen LogP contribution in [0.2, 0.25) is 0 Å². The van der Waals surface area contributed by atoms with Crippen molar-refractivity contribution in [1.29, 1.82) is 0 Å². The molecule has 31 heavy (non-hydrogen) atoms. The number of hydrogen-bond acceptors (Lipinski definition) is 8. The molecule has 0 unspecified atom stereocenters. The van der Waals surface area contributed by atoms with E-state index in [-0.39, 0.29) is 26.9 Å². The van der Waals surface area contributed by atoms with Crippen LogP contribution in [0, 0.1) is 17.5 Å². The van der Waals surface area contributed by atoms with E-state index in [9.17, 15) is 22.8 Å². The Balaban J connectivity index is 1.70. The van der Waals surface area contributed by atoms with Gasteiger partial charge in [-0.15, -0.1) is 0 Å². The van der Waals surface area contributed by atoms with Crippen molar-refractivity contribution in [3.8, 4) is 17.2 Å². The monoisotopic (exact) mass is 456 g/mol. The van der Waals surface area contributed by atoms with E-state index in [1.807, 2.05) is 0 Å².